The van der Waals surface area contributed by atoms with Crippen LogP contribution in [0.2, 0.25) is 0 Å². The van der Waals surface area contributed by atoms with E-state index in [1.165, 1.54) is 5.54 Å². The Hall–Kier alpha value is 0.820. The number of thioether (sulfide) groups is 1. The van der Waals surface area contributed by atoms with E-state index in [0.29, 0.717) is 0 Å². The molecule has 0 aliphatic heterocycles. The molecule has 1 nitrogen and oxygen atoms in total. The van der Waals surface area contributed by atoms with E-state index in [4.69, 9.17) is 23.2 Å². The van der Waals surface area contributed by atoms with Crippen molar-refractivity contribution in [2.45, 2.75) is 4.17 Å². The molecule has 5 heteroatoms. The Morgan fingerprint density at radius 2 is 2.29 bits per heavy atom. The number of hydrogen-bond donors (Lipinski definition) is 1. The molecule has 0 rings (SSSR count). The van der Waals surface area contributed by atoms with Crippen molar-refractivity contribution in [1.29, 1.82) is 0 Å². The van der Waals surface area contributed by atoms with Crippen LogP contribution in [0.4, 0.5) is 4.48 Å². The molecule has 0 aliphatic carbocycles. The summed E-state index contributed by atoms with van der Waals surface area (Å²) in [6.45, 7) is 0. The minimum Gasteiger partial charge on any atom is -0.149 e. The Bertz CT molecular complexity index is 44.7. The normalized spacial score (nSPS) is 10.3. The van der Waals surface area contributed by atoms with Crippen molar-refractivity contribution in [3.63, 3.8) is 0 Å². The highest BCUT2D eigenvalue weighted by Crippen LogP contribution is 2.16. The fourth-order valence-corrected chi connectivity index (χ4v) is 0.661. The lowest BCUT2D eigenvalue weighted by molar-refractivity contribution is 0.371. The van der Waals surface area contributed by atoms with E-state index in [1.807, 2.05) is 0 Å². The highest BCUT2D eigenvalue weighted by atomic mass is 35.5. The molecule has 0 saturated heterocycles. The standard InChI is InChI=1S/C2H4Cl2FNS/c3-2(4)7-1-6-5/h2,6H,1H2. The average molecular weight is 164 g/mol. The van der Waals surface area contributed by atoms with Crippen LogP contribution in [0.15, 0.2) is 0 Å². The average Bonchev–Trinajstić information content (AvgIpc) is 1.61. The predicted molar refractivity (Wildman–Crippen MR) is 32.2 cm³/mol. The van der Waals surface area contributed by atoms with Crippen LogP contribution in [0.5, 0.6) is 0 Å². The van der Waals surface area contributed by atoms with Gasteiger partial charge in [-0.1, -0.05) is 23.2 Å². The molecule has 44 valence electrons. The maximum absolute atomic E-state index is 11.0. The maximum Gasteiger partial charge on any atom is 0.154 e. The Morgan fingerprint density at radius 1 is 1.71 bits per heavy atom. The van der Waals surface area contributed by atoms with Gasteiger partial charge in [0.2, 0.25) is 0 Å². The Morgan fingerprint density at radius 3 is 2.43 bits per heavy atom. The molecule has 1 N–H and O–H groups in total. The number of hydrogen-bond acceptors (Lipinski definition) is 2. The van der Waals surface area contributed by atoms with Gasteiger partial charge in [-0.15, -0.1) is 21.8 Å². The van der Waals surface area contributed by atoms with E-state index < -0.39 is 4.17 Å². The van der Waals surface area contributed by atoms with E-state index in [0.717, 1.165) is 11.8 Å². The molecule has 0 aliphatic rings. The number of nitrogens with one attached hydrogen (secondary N) is 1. The smallest absolute Gasteiger partial charge is 0.149 e. The molecule has 0 bridgehead atoms. The third-order valence-electron chi connectivity index (χ3n) is 0.264. The second-order valence-electron chi connectivity index (χ2n) is 0.705. The highest BCUT2D eigenvalue weighted by molar-refractivity contribution is 8.02. The lowest BCUT2D eigenvalue weighted by Gasteiger charge is -1.94. The van der Waals surface area contributed by atoms with Crippen molar-refractivity contribution in [3.8, 4) is 0 Å². The van der Waals surface area contributed by atoms with Crippen LogP contribution in [-0.4, -0.2) is 10.0 Å². The summed E-state index contributed by atoms with van der Waals surface area (Å²) in [6, 6.07) is 0. The summed E-state index contributed by atoms with van der Waals surface area (Å²) in [6.07, 6.45) is 0. The fraction of sp³-hybridized carbons (Fsp3) is 1.00. The van der Waals surface area contributed by atoms with Crippen LogP contribution in [-0.2, 0) is 0 Å². The minimum atomic E-state index is -0.539. The first-order chi connectivity index (χ1) is 3.27. The highest BCUT2D eigenvalue weighted by Gasteiger charge is 1.94. The minimum absolute atomic E-state index is 0.137. The van der Waals surface area contributed by atoms with E-state index in [1.54, 1.807) is 0 Å². The van der Waals surface area contributed by atoms with Crippen molar-refractivity contribution >= 4 is 35.0 Å². The molecule has 7 heavy (non-hydrogen) atoms. The zero-order valence-electron chi connectivity index (χ0n) is 3.33. The Kier molecular flexibility index (Phi) is 5.55. The topological polar surface area (TPSA) is 12.0 Å². The van der Waals surface area contributed by atoms with Gasteiger partial charge in [0, 0.05) is 0 Å². The van der Waals surface area contributed by atoms with E-state index in [2.05, 4.69) is 0 Å². The summed E-state index contributed by atoms with van der Waals surface area (Å²) in [5.41, 5.74) is 1.39. The van der Waals surface area contributed by atoms with Crippen molar-refractivity contribution in [2.75, 3.05) is 5.88 Å². The number of rotatable bonds is 3. The number of halogens is 3. The van der Waals surface area contributed by atoms with Crippen LogP contribution >= 0.6 is 35.0 Å². The lowest BCUT2D eigenvalue weighted by atomic mass is 11.5. The summed E-state index contributed by atoms with van der Waals surface area (Å²) >= 11 is 11.4. The molecule has 0 saturated carbocycles. The van der Waals surface area contributed by atoms with Gasteiger partial charge in [0.25, 0.3) is 0 Å². The van der Waals surface area contributed by atoms with Crippen molar-refractivity contribution in [3.05, 3.63) is 0 Å². The largest absolute Gasteiger partial charge is 0.154 e. The summed E-state index contributed by atoms with van der Waals surface area (Å²) in [5, 5.41) is 0. The van der Waals surface area contributed by atoms with Gasteiger partial charge in [0.15, 0.2) is 4.17 Å². The van der Waals surface area contributed by atoms with Crippen molar-refractivity contribution < 1.29 is 4.48 Å². The molecule has 0 aromatic rings. The first kappa shape index (κ1) is 7.82. The van der Waals surface area contributed by atoms with Gasteiger partial charge >= 0.3 is 0 Å². The third kappa shape index (κ3) is 6.82. The molecule has 0 aromatic carbocycles. The second kappa shape index (κ2) is 4.97. The molecule has 0 fully saturated rings. The monoisotopic (exact) mass is 163 g/mol. The maximum atomic E-state index is 11.0. The van der Waals surface area contributed by atoms with E-state index in [-0.39, 0.29) is 5.88 Å². The predicted octanol–water partition coefficient (Wildman–Crippen LogP) is 1.91. The molecule has 0 spiro atoms. The molecule has 0 amide bonds. The van der Waals surface area contributed by atoms with Crippen LogP contribution in [0, 0.1) is 0 Å². The van der Waals surface area contributed by atoms with Crippen LogP contribution in [0.1, 0.15) is 0 Å². The molecular formula is C2H4Cl2FNS. The summed E-state index contributed by atoms with van der Waals surface area (Å²) in [4.78, 5) is 0. The number of alkyl halides is 2. The molecule has 0 radical (unpaired) electrons. The third-order valence-corrected chi connectivity index (χ3v) is 1.55. The van der Waals surface area contributed by atoms with E-state index >= 15 is 0 Å². The zero-order chi connectivity index (χ0) is 5.70. The summed E-state index contributed by atoms with van der Waals surface area (Å²) < 4.78 is 10.4. The molecule has 0 atom stereocenters. The van der Waals surface area contributed by atoms with Crippen molar-refractivity contribution in [2.24, 2.45) is 0 Å². The van der Waals surface area contributed by atoms with Crippen LogP contribution in [0.25, 0.3) is 0 Å². The SMILES string of the molecule is FNCSC(Cl)Cl. The fourth-order valence-electron chi connectivity index (χ4n) is 0.0945. The first-order valence-electron chi connectivity index (χ1n) is 1.50. The van der Waals surface area contributed by atoms with Gasteiger partial charge in [-0.05, 0) is 0 Å². The van der Waals surface area contributed by atoms with Crippen LogP contribution < -0.4 is 5.54 Å². The zero-order valence-corrected chi connectivity index (χ0v) is 5.65. The van der Waals surface area contributed by atoms with Crippen molar-refractivity contribution in [1.82, 2.24) is 5.54 Å². The van der Waals surface area contributed by atoms with Gasteiger partial charge in [0.05, 0.1) is 5.88 Å². The second-order valence-corrected chi connectivity index (χ2v) is 3.41. The van der Waals surface area contributed by atoms with Gasteiger partial charge in [-0.25, -0.2) is 0 Å². The van der Waals surface area contributed by atoms with Gasteiger partial charge in [0.1, 0.15) is 0 Å². The summed E-state index contributed by atoms with van der Waals surface area (Å²) in [5.74, 6) is 0.137. The Balaban J connectivity index is 2.68. The quantitative estimate of drug-likeness (QED) is 0.388. The molecule has 0 heterocycles. The van der Waals surface area contributed by atoms with Crippen LogP contribution in [0.3, 0.4) is 0 Å². The molecule has 0 aromatic heterocycles. The Labute approximate surface area is 55.5 Å². The lowest BCUT2D eigenvalue weighted by Crippen LogP contribution is -1.98. The molecular weight excluding hydrogens is 160 g/mol. The van der Waals surface area contributed by atoms with Gasteiger partial charge < -0.3 is 0 Å². The summed E-state index contributed by atoms with van der Waals surface area (Å²) in [7, 11) is 0. The van der Waals surface area contributed by atoms with Gasteiger partial charge in [-0.2, -0.15) is 0 Å². The van der Waals surface area contributed by atoms with Gasteiger partial charge in [-0.3, -0.25) is 0 Å². The molecule has 0 unspecified atom stereocenters. The first-order valence-corrected chi connectivity index (χ1v) is 3.42. The van der Waals surface area contributed by atoms with E-state index in [9.17, 15) is 4.48 Å².